The van der Waals surface area contributed by atoms with E-state index >= 15 is 0 Å². The van der Waals surface area contributed by atoms with Crippen molar-refractivity contribution in [2.75, 3.05) is 53.1 Å². The van der Waals surface area contributed by atoms with E-state index in [0.29, 0.717) is 13.2 Å². The monoisotopic (exact) mass is 244 g/mol. The van der Waals surface area contributed by atoms with Crippen molar-refractivity contribution < 1.29 is 22.6 Å². The van der Waals surface area contributed by atoms with Crippen LogP contribution in [-0.4, -0.2) is 64.2 Å². The van der Waals surface area contributed by atoms with E-state index in [2.05, 4.69) is 0 Å². The highest BCUT2D eigenvalue weighted by molar-refractivity contribution is 4.63. The number of rotatable bonds is 9. The third-order valence-corrected chi connectivity index (χ3v) is 1.83. The maximum Gasteiger partial charge on any atom is 0.401 e. The Balaban J connectivity index is 3.68. The second-order valence-corrected chi connectivity index (χ2v) is 3.29. The lowest BCUT2D eigenvalue weighted by atomic mass is 10.4. The van der Waals surface area contributed by atoms with E-state index in [1.807, 2.05) is 0 Å². The molecule has 0 spiro atoms. The van der Waals surface area contributed by atoms with Crippen molar-refractivity contribution in [3.05, 3.63) is 0 Å². The molecule has 0 rings (SSSR count). The Hall–Kier alpha value is -0.370. The molecule has 4 nitrogen and oxygen atoms in total. The molecule has 0 amide bonds. The van der Waals surface area contributed by atoms with Crippen LogP contribution in [0.25, 0.3) is 0 Å². The number of halogens is 3. The first kappa shape index (κ1) is 15.6. The van der Waals surface area contributed by atoms with Crippen molar-refractivity contribution in [3.63, 3.8) is 0 Å². The number of hydrogen-bond acceptors (Lipinski definition) is 4. The van der Waals surface area contributed by atoms with E-state index in [1.54, 1.807) is 0 Å². The summed E-state index contributed by atoms with van der Waals surface area (Å²) in [4.78, 5) is 1.23. The number of ether oxygens (including phenoxy) is 2. The summed E-state index contributed by atoms with van der Waals surface area (Å²) < 4.78 is 46.2. The molecule has 0 unspecified atom stereocenters. The van der Waals surface area contributed by atoms with Gasteiger partial charge in [-0.05, 0) is 0 Å². The molecule has 7 heteroatoms. The summed E-state index contributed by atoms with van der Waals surface area (Å²) in [6.07, 6.45) is -4.19. The molecule has 0 aromatic carbocycles. The van der Waals surface area contributed by atoms with Gasteiger partial charge in [-0.3, -0.25) is 4.90 Å². The van der Waals surface area contributed by atoms with Crippen molar-refractivity contribution in [1.29, 1.82) is 0 Å². The molecular weight excluding hydrogens is 225 g/mol. The molecule has 0 saturated carbocycles. The van der Waals surface area contributed by atoms with Gasteiger partial charge in [0.1, 0.15) is 0 Å². The SMILES string of the molecule is COCCOCCN(CCN)CC(F)(F)F. The van der Waals surface area contributed by atoms with Gasteiger partial charge >= 0.3 is 6.18 Å². The Morgan fingerprint density at radius 2 is 1.81 bits per heavy atom. The van der Waals surface area contributed by atoms with Gasteiger partial charge < -0.3 is 15.2 Å². The molecule has 0 aliphatic carbocycles. The molecule has 16 heavy (non-hydrogen) atoms. The molecule has 0 aliphatic rings. The summed E-state index contributed by atoms with van der Waals surface area (Å²) in [6, 6.07) is 0. The van der Waals surface area contributed by atoms with Gasteiger partial charge in [0.05, 0.1) is 26.4 Å². The molecule has 0 saturated heterocycles. The van der Waals surface area contributed by atoms with Gasteiger partial charge in [0.2, 0.25) is 0 Å². The number of nitrogens with two attached hydrogens (primary N) is 1. The van der Waals surface area contributed by atoms with Gasteiger partial charge in [0.15, 0.2) is 0 Å². The zero-order valence-electron chi connectivity index (χ0n) is 9.42. The van der Waals surface area contributed by atoms with Gasteiger partial charge in [-0.15, -0.1) is 0 Å². The topological polar surface area (TPSA) is 47.7 Å². The van der Waals surface area contributed by atoms with Gasteiger partial charge in [-0.2, -0.15) is 13.2 Å². The average molecular weight is 244 g/mol. The van der Waals surface area contributed by atoms with Crippen LogP contribution >= 0.6 is 0 Å². The molecule has 0 aromatic heterocycles. The van der Waals surface area contributed by atoms with Gasteiger partial charge in [-0.1, -0.05) is 0 Å². The fourth-order valence-corrected chi connectivity index (χ4v) is 1.14. The second-order valence-electron chi connectivity index (χ2n) is 3.29. The van der Waals surface area contributed by atoms with Crippen molar-refractivity contribution in [2.45, 2.75) is 6.18 Å². The highest BCUT2D eigenvalue weighted by atomic mass is 19.4. The van der Waals surface area contributed by atoms with E-state index in [4.69, 9.17) is 15.2 Å². The third-order valence-electron chi connectivity index (χ3n) is 1.83. The van der Waals surface area contributed by atoms with Crippen LogP contribution in [0.3, 0.4) is 0 Å². The van der Waals surface area contributed by atoms with Crippen LogP contribution in [0.5, 0.6) is 0 Å². The highest BCUT2D eigenvalue weighted by Crippen LogP contribution is 2.15. The summed E-state index contributed by atoms with van der Waals surface area (Å²) in [7, 11) is 1.54. The van der Waals surface area contributed by atoms with Crippen molar-refractivity contribution in [2.24, 2.45) is 5.73 Å². The largest absolute Gasteiger partial charge is 0.401 e. The predicted octanol–water partition coefficient (Wildman–Crippen LogP) is 0.472. The minimum absolute atomic E-state index is 0.203. The molecule has 0 fully saturated rings. The van der Waals surface area contributed by atoms with E-state index in [1.165, 1.54) is 12.0 Å². The van der Waals surface area contributed by atoms with Crippen molar-refractivity contribution in [1.82, 2.24) is 4.90 Å². The van der Waals surface area contributed by atoms with Crippen LogP contribution in [-0.2, 0) is 9.47 Å². The van der Waals surface area contributed by atoms with E-state index in [9.17, 15) is 13.2 Å². The molecule has 98 valence electrons. The van der Waals surface area contributed by atoms with Crippen LogP contribution in [0.1, 0.15) is 0 Å². The summed E-state index contributed by atoms with van der Waals surface area (Å²) in [5, 5.41) is 0. The summed E-state index contributed by atoms with van der Waals surface area (Å²) in [5.74, 6) is 0. The fourth-order valence-electron chi connectivity index (χ4n) is 1.14. The van der Waals surface area contributed by atoms with Crippen molar-refractivity contribution in [3.8, 4) is 0 Å². The lowest BCUT2D eigenvalue weighted by Gasteiger charge is -2.22. The first-order chi connectivity index (χ1) is 7.49. The lowest BCUT2D eigenvalue weighted by Crippen LogP contribution is -2.39. The predicted molar refractivity (Wildman–Crippen MR) is 54.2 cm³/mol. The van der Waals surface area contributed by atoms with E-state index in [-0.39, 0.29) is 26.2 Å². The van der Waals surface area contributed by atoms with Crippen molar-refractivity contribution >= 4 is 0 Å². The number of hydrogen-bond donors (Lipinski definition) is 1. The molecule has 0 bridgehead atoms. The maximum atomic E-state index is 12.1. The zero-order valence-corrected chi connectivity index (χ0v) is 9.42. The van der Waals surface area contributed by atoms with Crippen LogP contribution in [0, 0.1) is 0 Å². The lowest BCUT2D eigenvalue weighted by molar-refractivity contribution is -0.147. The Bertz CT molecular complexity index is 167. The summed E-state index contributed by atoms with van der Waals surface area (Å²) >= 11 is 0. The smallest absolute Gasteiger partial charge is 0.382 e. The average Bonchev–Trinajstić information content (AvgIpc) is 2.15. The highest BCUT2D eigenvalue weighted by Gasteiger charge is 2.30. The Labute approximate surface area is 93.5 Å². The van der Waals surface area contributed by atoms with Crippen LogP contribution in [0.4, 0.5) is 13.2 Å². The zero-order chi connectivity index (χ0) is 12.4. The van der Waals surface area contributed by atoms with Crippen LogP contribution in [0.2, 0.25) is 0 Å². The van der Waals surface area contributed by atoms with E-state index in [0.717, 1.165) is 0 Å². The van der Waals surface area contributed by atoms with E-state index < -0.39 is 12.7 Å². The Morgan fingerprint density at radius 1 is 1.12 bits per heavy atom. The molecule has 0 aromatic rings. The second kappa shape index (κ2) is 8.74. The maximum absolute atomic E-state index is 12.1. The standard InChI is InChI=1S/C9H19F3N2O2/c1-15-6-7-16-5-4-14(3-2-13)8-9(10,11)12/h2-8,13H2,1H3. The summed E-state index contributed by atoms with van der Waals surface area (Å²) in [6.45, 7) is 0.772. The van der Waals surface area contributed by atoms with Gasteiger partial charge in [-0.25, -0.2) is 0 Å². The minimum Gasteiger partial charge on any atom is -0.382 e. The first-order valence-corrected chi connectivity index (χ1v) is 5.05. The quantitative estimate of drug-likeness (QED) is 0.599. The normalized spacial score (nSPS) is 12.4. The minimum atomic E-state index is -4.19. The fraction of sp³-hybridized carbons (Fsp3) is 1.00. The molecule has 0 atom stereocenters. The number of alkyl halides is 3. The van der Waals surface area contributed by atoms with Gasteiger partial charge in [0, 0.05) is 26.7 Å². The molecular formula is C9H19F3N2O2. The summed E-state index contributed by atoms with van der Waals surface area (Å²) in [5.41, 5.74) is 5.23. The van der Waals surface area contributed by atoms with Crippen LogP contribution in [0.15, 0.2) is 0 Å². The Kier molecular flexibility index (Phi) is 8.54. The molecule has 2 N–H and O–H groups in total. The first-order valence-electron chi connectivity index (χ1n) is 5.05. The van der Waals surface area contributed by atoms with Crippen LogP contribution < -0.4 is 5.73 Å². The van der Waals surface area contributed by atoms with Gasteiger partial charge in [0.25, 0.3) is 0 Å². The number of nitrogens with zero attached hydrogens (tertiary/aromatic N) is 1. The third kappa shape index (κ3) is 10.2. The molecule has 0 radical (unpaired) electrons. The Morgan fingerprint density at radius 3 is 2.31 bits per heavy atom. The molecule has 0 aliphatic heterocycles. The number of methoxy groups -OCH3 is 1. The molecule has 0 heterocycles.